The van der Waals surface area contributed by atoms with Gasteiger partial charge in [-0.1, -0.05) is 0 Å². The van der Waals surface area contributed by atoms with E-state index in [2.05, 4.69) is 20.2 Å². The quantitative estimate of drug-likeness (QED) is 0.559. The zero-order valence-corrected chi connectivity index (χ0v) is 19.1. The monoisotopic (exact) mass is 486 g/mol. The number of nitrogens with one attached hydrogen (secondary N) is 2. The standard InChI is InChI=1S/C25H25F3N4O3/c1-13(23-21(28)8-16(27)9-29-23)30-25(34)20(12-32-10-17-3-4-18(11-32)35-17)19-7-14-6-15(26)2-5-22(14)31-24(19)33/h2,5-9,13,17-18,20H,3-4,10-12H2,1H3,(H,30,34)(H,31,33)/t13-,17?,18?,20-/m1/s1. The van der Waals surface area contributed by atoms with Crippen molar-refractivity contribution in [3.63, 3.8) is 0 Å². The van der Waals surface area contributed by atoms with Crippen LogP contribution in [0.5, 0.6) is 0 Å². The van der Waals surface area contributed by atoms with Crippen LogP contribution in [-0.2, 0) is 9.53 Å². The van der Waals surface area contributed by atoms with Crippen molar-refractivity contribution in [1.82, 2.24) is 20.2 Å². The van der Waals surface area contributed by atoms with E-state index in [1.165, 1.54) is 31.2 Å². The lowest BCUT2D eigenvalue weighted by molar-refractivity contribution is -0.124. The first kappa shape index (κ1) is 23.5. The first-order valence-corrected chi connectivity index (χ1v) is 11.6. The molecule has 10 heteroatoms. The average molecular weight is 486 g/mol. The van der Waals surface area contributed by atoms with E-state index in [1.807, 2.05) is 0 Å². The maximum atomic E-state index is 14.3. The highest BCUT2D eigenvalue weighted by molar-refractivity contribution is 5.86. The highest BCUT2D eigenvalue weighted by atomic mass is 19.1. The van der Waals surface area contributed by atoms with Gasteiger partial charge in [0.05, 0.1) is 36.1 Å². The van der Waals surface area contributed by atoms with Gasteiger partial charge in [0.15, 0.2) is 0 Å². The van der Waals surface area contributed by atoms with Gasteiger partial charge in [-0.25, -0.2) is 13.2 Å². The lowest BCUT2D eigenvalue weighted by Crippen LogP contribution is -2.47. The number of aromatic amines is 1. The second-order valence-corrected chi connectivity index (χ2v) is 9.26. The van der Waals surface area contributed by atoms with Gasteiger partial charge in [0, 0.05) is 42.2 Å². The van der Waals surface area contributed by atoms with Crippen LogP contribution < -0.4 is 10.9 Å². The van der Waals surface area contributed by atoms with Crippen LogP contribution >= 0.6 is 0 Å². The largest absolute Gasteiger partial charge is 0.372 e. The fourth-order valence-corrected chi connectivity index (χ4v) is 5.01. The second-order valence-electron chi connectivity index (χ2n) is 9.26. The second kappa shape index (κ2) is 9.43. The predicted molar refractivity (Wildman–Crippen MR) is 122 cm³/mol. The molecule has 2 N–H and O–H groups in total. The molecule has 0 radical (unpaired) electrons. The average Bonchev–Trinajstić information content (AvgIpc) is 3.15. The van der Waals surface area contributed by atoms with Crippen molar-refractivity contribution in [2.24, 2.45) is 0 Å². The Hall–Kier alpha value is -3.24. The number of carbonyl (C=O) groups excluding carboxylic acids is 1. The van der Waals surface area contributed by atoms with Crippen LogP contribution in [0, 0.1) is 17.5 Å². The van der Waals surface area contributed by atoms with E-state index in [0.717, 1.165) is 19.0 Å². The van der Waals surface area contributed by atoms with Crippen LogP contribution in [0.2, 0.25) is 0 Å². The van der Waals surface area contributed by atoms with Crippen LogP contribution in [0.4, 0.5) is 13.2 Å². The molecule has 184 valence electrons. The Morgan fingerprint density at radius 2 is 1.91 bits per heavy atom. The zero-order valence-electron chi connectivity index (χ0n) is 19.1. The van der Waals surface area contributed by atoms with Crippen molar-refractivity contribution in [1.29, 1.82) is 0 Å². The molecule has 35 heavy (non-hydrogen) atoms. The molecule has 3 aromatic rings. The maximum Gasteiger partial charge on any atom is 0.252 e. The number of amides is 1. The minimum atomic E-state index is -0.921. The molecule has 4 atom stereocenters. The van der Waals surface area contributed by atoms with Crippen LogP contribution in [0.25, 0.3) is 10.9 Å². The molecule has 2 unspecified atom stereocenters. The molecule has 0 spiro atoms. The number of fused-ring (bicyclic) bond motifs is 3. The highest BCUT2D eigenvalue weighted by Crippen LogP contribution is 2.29. The number of hydrogen-bond donors (Lipinski definition) is 2. The number of carbonyl (C=O) groups is 1. The van der Waals surface area contributed by atoms with Gasteiger partial charge in [-0.3, -0.25) is 19.5 Å². The van der Waals surface area contributed by atoms with E-state index < -0.39 is 40.9 Å². The third-order valence-corrected chi connectivity index (χ3v) is 6.69. The fourth-order valence-electron chi connectivity index (χ4n) is 5.01. The summed E-state index contributed by atoms with van der Waals surface area (Å²) in [4.78, 5) is 35.1. The lowest BCUT2D eigenvalue weighted by atomic mass is 9.96. The number of halogens is 3. The third kappa shape index (κ3) is 4.94. The van der Waals surface area contributed by atoms with Gasteiger partial charge in [-0.15, -0.1) is 0 Å². The van der Waals surface area contributed by atoms with Crippen molar-refractivity contribution in [2.75, 3.05) is 19.6 Å². The SMILES string of the molecule is C[C@@H](NC(=O)[C@H](CN1CC2CCC(C1)O2)c1cc2cc(F)ccc2[nH]c1=O)c1ncc(F)cc1F. The Morgan fingerprint density at radius 3 is 2.63 bits per heavy atom. The number of benzene rings is 1. The molecule has 1 amide bonds. The van der Waals surface area contributed by atoms with Gasteiger partial charge < -0.3 is 15.0 Å². The van der Waals surface area contributed by atoms with Crippen molar-refractivity contribution in [2.45, 2.75) is 43.9 Å². The Kier molecular flexibility index (Phi) is 6.33. The number of nitrogens with zero attached hydrogens (tertiary/aromatic N) is 2. The summed E-state index contributed by atoms with van der Waals surface area (Å²) < 4.78 is 47.3. The van der Waals surface area contributed by atoms with Gasteiger partial charge >= 0.3 is 0 Å². The summed E-state index contributed by atoms with van der Waals surface area (Å²) in [5.74, 6) is -3.59. The number of pyridine rings is 2. The number of hydrogen-bond acceptors (Lipinski definition) is 5. The van der Waals surface area contributed by atoms with E-state index >= 15 is 0 Å². The summed E-state index contributed by atoms with van der Waals surface area (Å²) in [7, 11) is 0. The number of likely N-dealkylation sites (tertiary alicyclic amines) is 1. The van der Waals surface area contributed by atoms with Crippen molar-refractivity contribution < 1.29 is 22.7 Å². The molecule has 2 aromatic heterocycles. The normalized spacial score (nSPS) is 21.7. The molecule has 0 aliphatic carbocycles. The molecule has 1 aromatic carbocycles. The summed E-state index contributed by atoms with van der Waals surface area (Å²) in [5.41, 5.74) is 0.0606. The topological polar surface area (TPSA) is 87.3 Å². The highest BCUT2D eigenvalue weighted by Gasteiger charge is 2.36. The Balaban J connectivity index is 1.47. The van der Waals surface area contributed by atoms with Gasteiger partial charge in [-0.2, -0.15) is 0 Å². The molecule has 7 nitrogen and oxygen atoms in total. The molecule has 2 aliphatic heterocycles. The minimum Gasteiger partial charge on any atom is -0.372 e. The summed E-state index contributed by atoms with van der Waals surface area (Å²) in [5, 5.41) is 3.18. The Bertz CT molecular complexity index is 1320. The number of rotatable bonds is 6. The maximum absolute atomic E-state index is 14.3. The number of H-pyrrole nitrogens is 1. The van der Waals surface area contributed by atoms with Gasteiger partial charge in [0.25, 0.3) is 5.56 Å². The number of aromatic nitrogens is 2. The predicted octanol–water partition coefficient (Wildman–Crippen LogP) is 3.16. The van der Waals surface area contributed by atoms with Crippen LogP contribution in [-0.4, -0.2) is 52.6 Å². The third-order valence-electron chi connectivity index (χ3n) is 6.69. The summed E-state index contributed by atoms with van der Waals surface area (Å²) in [6, 6.07) is 5.36. The molecule has 2 fully saturated rings. The van der Waals surface area contributed by atoms with Crippen LogP contribution in [0.1, 0.15) is 43.0 Å². The molecule has 2 saturated heterocycles. The summed E-state index contributed by atoms with van der Waals surface area (Å²) in [6.45, 7) is 3.03. The van der Waals surface area contributed by atoms with E-state index in [1.54, 1.807) is 0 Å². The summed E-state index contributed by atoms with van der Waals surface area (Å²) >= 11 is 0. The van der Waals surface area contributed by atoms with Crippen LogP contribution in [0.3, 0.4) is 0 Å². The molecular formula is C25H25F3N4O3. The lowest BCUT2D eigenvalue weighted by Gasteiger charge is -2.34. The fraction of sp³-hybridized carbons (Fsp3) is 0.400. The van der Waals surface area contributed by atoms with E-state index in [9.17, 15) is 22.8 Å². The smallest absolute Gasteiger partial charge is 0.252 e. The number of ether oxygens (including phenoxy) is 1. The van der Waals surface area contributed by atoms with Gasteiger partial charge in [-0.05, 0) is 44.0 Å². The van der Waals surface area contributed by atoms with E-state index in [-0.39, 0.29) is 30.0 Å². The van der Waals surface area contributed by atoms with Crippen molar-refractivity contribution in [3.05, 3.63) is 75.6 Å². The molecule has 4 heterocycles. The minimum absolute atomic E-state index is 0.0814. The zero-order chi connectivity index (χ0) is 24.7. The molecule has 5 rings (SSSR count). The first-order chi connectivity index (χ1) is 16.8. The van der Waals surface area contributed by atoms with Crippen molar-refractivity contribution in [3.8, 4) is 0 Å². The van der Waals surface area contributed by atoms with Gasteiger partial charge in [0.2, 0.25) is 5.91 Å². The first-order valence-electron chi connectivity index (χ1n) is 11.6. The molecule has 2 aliphatic rings. The molecule has 2 bridgehead atoms. The van der Waals surface area contributed by atoms with E-state index in [0.29, 0.717) is 30.1 Å². The van der Waals surface area contributed by atoms with E-state index in [4.69, 9.17) is 4.74 Å². The number of morpholine rings is 1. The molecular weight excluding hydrogens is 461 g/mol. The Morgan fingerprint density at radius 1 is 1.17 bits per heavy atom. The van der Waals surface area contributed by atoms with Crippen molar-refractivity contribution >= 4 is 16.8 Å². The molecule has 0 saturated carbocycles. The van der Waals surface area contributed by atoms with Crippen LogP contribution in [0.15, 0.2) is 41.3 Å². The van der Waals surface area contributed by atoms with Gasteiger partial charge in [0.1, 0.15) is 17.5 Å². The summed E-state index contributed by atoms with van der Waals surface area (Å²) in [6.07, 6.45) is 2.93. The Labute approximate surface area is 199 Å².